The first-order valence-corrected chi connectivity index (χ1v) is 14.6. The molecule has 36 heavy (non-hydrogen) atoms. The predicted molar refractivity (Wildman–Crippen MR) is 146 cm³/mol. The number of nitrogens with one attached hydrogen (secondary N) is 1. The Morgan fingerprint density at radius 2 is 2.03 bits per heavy atom. The Hall–Kier alpha value is -2.63. The fourth-order valence-corrected chi connectivity index (χ4v) is 7.45. The molecule has 0 bridgehead atoms. The number of carbonyl (C=O) groups excluding carboxylic acids is 1. The van der Waals surface area contributed by atoms with Crippen LogP contribution >= 0.6 is 23.1 Å². The Balaban J connectivity index is 1.23. The third-order valence-corrected chi connectivity index (χ3v) is 9.74. The van der Waals surface area contributed by atoms with Gasteiger partial charge >= 0.3 is 0 Å². The molecule has 1 N–H and O–H groups in total. The minimum absolute atomic E-state index is 0.108. The second-order valence-electron chi connectivity index (χ2n) is 10.9. The summed E-state index contributed by atoms with van der Waals surface area (Å²) in [5, 5.41) is 23.3. The molecule has 2 aromatic heterocycles. The zero-order chi connectivity index (χ0) is 25.4. The fourth-order valence-electron chi connectivity index (χ4n) is 5.35. The van der Waals surface area contributed by atoms with Crippen LogP contribution in [0.25, 0.3) is 0 Å². The van der Waals surface area contributed by atoms with E-state index in [0.717, 1.165) is 48.8 Å². The van der Waals surface area contributed by atoms with Gasteiger partial charge in [0.05, 0.1) is 11.3 Å². The van der Waals surface area contributed by atoms with Crippen molar-refractivity contribution < 1.29 is 4.79 Å². The maximum absolute atomic E-state index is 12.9. The molecular formula is C28H33N5OS2. The monoisotopic (exact) mass is 519 g/mol. The van der Waals surface area contributed by atoms with Gasteiger partial charge in [-0.2, -0.15) is 5.26 Å². The Kier molecular flexibility index (Phi) is 6.97. The molecule has 0 saturated heterocycles. The van der Waals surface area contributed by atoms with Crippen molar-refractivity contribution in [2.45, 2.75) is 76.9 Å². The van der Waals surface area contributed by atoms with E-state index in [-0.39, 0.29) is 17.1 Å². The van der Waals surface area contributed by atoms with Crippen LogP contribution in [-0.2, 0) is 24.2 Å². The molecule has 0 aliphatic heterocycles. The van der Waals surface area contributed by atoms with Crippen molar-refractivity contribution in [2.24, 2.45) is 11.3 Å². The van der Waals surface area contributed by atoms with Gasteiger partial charge in [-0.3, -0.25) is 4.79 Å². The molecule has 2 aliphatic rings. The summed E-state index contributed by atoms with van der Waals surface area (Å²) in [6, 6.07) is 12.9. The number of anilines is 1. The van der Waals surface area contributed by atoms with E-state index >= 15 is 0 Å². The lowest BCUT2D eigenvalue weighted by molar-refractivity contribution is -0.113. The number of benzene rings is 1. The molecule has 2 heterocycles. The topological polar surface area (TPSA) is 83.6 Å². The molecule has 3 unspecified atom stereocenters. The highest BCUT2D eigenvalue weighted by molar-refractivity contribution is 7.99. The highest BCUT2D eigenvalue weighted by Crippen LogP contribution is 2.54. The standard InChI is InChI=1S/C28H33N5OS2/c1-5-33-25(21-14-20(21)17-9-7-6-8-10-17)31-32-27(33)35-16-24(34)30-26-22(15-29)19-12-11-18(28(2,3)4)13-23(19)36-26/h6-10,18,20-21H,5,11-14,16H2,1-4H3,(H,30,34). The van der Waals surface area contributed by atoms with E-state index in [1.807, 2.05) is 6.07 Å². The first-order chi connectivity index (χ1) is 17.3. The van der Waals surface area contributed by atoms with E-state index in [1.165, 1.54) is 22.2 Å². The second-order valence-corrected chi connectivity index (χ2v) is 13.0. The van der Waals surface area contributed by atoms with Gasteiger partial charge < -0.3 is 9.88 Å². The fraction of sp³-hybridized carbons (Fsp3) is 0.500. The quantitative estimate of drug-likeness (QED) is 0.366. The van der Waals surface area contributed by atoms with Crippen LogP contribution in [0.15, 0.2) is 35.5 Å². The number of carbonyl (C=O) groups is 1. The first kappa shape index (κ1) is 25.0. The largest absolute Gasteiger partial charge is 0.316 e. The van der Waals surface area contributed by atoms with Gasteiger partial charge in [-0.05, 0) is 61.0 Å². The summed E-state index contributed by atoms with van der Waals surface area (Å²) >= 11 is 2.99. The zero-order valence-electron chi connectivity index (χ0n) is 21.4. The van der Waals surface area contributed by atoms with Gasteiger partial charge in [-0.1, -0.05) is 62.9 Å². The van der Waals surface area contributed by atoms with E-state index in [2.05, 4.69) is 78.1 Å². The number of nitriles is 1. The van der Waals surface area contributed by atoms with E-state index in [1.54, 1.807) is 11.3 Å². The van der Waals surface area contributed by atoms with Crippen LogP contribution in [0.4, 0.5) is 5.00 Å². The number of nitrogens with zero attached hydrogens (tertiary/aromatic N) is 4. The third kappa shape index (κ3) is 4.96. The lowest BCUT2D eigenvalue weighted by Gasteiger charge is -2.33. The molecule has 3 atom stereocenters. The molecule has 1 saturated carbocycles. The van der Waals surface area contributed by atoms with Crippen LogP contribution in [-0.4, -0.2) is 26.4 Å². The van der Waals surface area contributed by atoms with Crippen molar-refractivity contribution in [3.8, 4) is 6.07 Å². The van der Waals surface area contributed by atoms with E-state index in [9.17, 15) is 10.1 Å². The molecule has 6 nitrogen and oxygen atoms in total. The van der Waals surface area contributed by atoms with Gasteiger partial charge in [-0.15, -0.1) is 21.5 Å². The molecule has 0 spiro atoms. The van der Waals surface area contributed by atoms with Gasteiger partial charge in [0, 0.05) is 17.3 Å². The zero-order valence-corrected chi connectivity index (χ0v) is 23.0. The Morgan fingerprint density at radius 1 is 1.25 bits per heavy atom. The molecule has 1 amide bonds. The molecule has 1 fully saturated rings. The van der Waals surface area contributed by atoms with Crippen LogP contribution in [0, 0.1) is 22.7 Å². The normalized spacial score (nSPS) is 21.0. The molecular weight excluding hydrogens is 486 g/mol. The highest BCUT2D eigenvalue weighted by Gasteiger charge is 2.43. The maximum Gasteiger partial charge on any atom is 0.235 e. The maximum atomic E-state index is 12.9. The SMILES string of the molecule is CCn1c(SCC(=O)Nc2sc3c(c2C#N)CCC(C(C)(C)C)C3)nnc1C1CC1c1ccccc1. The number of thioether (sulfide) groups is 1. The van der Waals surface area contributed by atoms with Crippen LogP contribution in [0.5, 0.6) is 0 Å². The average molecular weight is 520 g/mol. The van der Waals surface area contributed by atoms with Crippen molar-refractivity contribution in [3.05, 3.63) is 57.7 Å². The number of fused-ring (bicyclic) bond motifs is 1. The Labute approximate surface area is 221 Å². The molecule has 8 heteroatoms. The lowest BCUT2D eigenvalue weighted by atomic mass is 9.72. The smallest absolute Gasteiger partial charge is 0.235 e. The first-order valence-electron chi connectivity index (χ1n) is 12.8. The number of amides is 1. The minimum atomic E-state index is -0.108. The molecule has 2 aliphatic carbocycles. The Bertz CT molecular complexity index is 1300. The van der Waals surface area contributed by atoms with E-state index in [4.69, 9.17) is 0 Å². The van der Waals surface area contributed by atoms with Gasteiger partial charge in [0.2, 0.25) is 5.91 Å². The van der Waals surface area contributed by atoms with Crippen molar-refractivity contribution in [3.63, 3.8) is 0 Å². The Morgan fingerprint density at radius 3 is 2.72 bits per heavy atom. The summed E-state index contributed by atoms with van der Waals surface area (Å²) in [4.78, 5) is 14.1. The molecule has 5 rings (SSSR count). The second kappa shape index (κ2) is 10.0. The number of thiophene rings is 1. The number of hydrogen-bond donors (Lipinski definition) is 1. The minimum Gasteiger partial charge on any atom is -0.316 e. The number of hydrogen-bond acceptors (Lipinski definition) is 6. The number of aromatic nitrogens is 3. The molecule has 0 radical (unpaired) electrons. The summed E-state index contributed by atoms with van der Waals surface area (Å²) < 4.78 is 2.14. The van der Waals surface area contributed by atoms with Crippen molar-refractivity contribution in [1.82, 2.24) is 14.8 Å². The van der Waals surface area contributed by atoms with E-state index < -0.39 is 0 Å². The summed E-state index contributed by atoms with van der Waals surface area (Å²) in [6.45, 7) is 9.72. The highest BCUT2D eigenvalue weighted by atomic mass is 32.2. The van der Waals surface area contributed by atoms with Crippen molar-refractivity contribution in [1.29, 1.82) is 5.26 Å². The van der Waals surface area contributed by atoms with Crippen LogP contribution in [0.1, 0.15) is 79.8 Å². The van der Waals surface area contributed by atoms with Gasteiger partial charge in [0.15, 0.2) is 5.16 Å². The summed E-state index contributed by atoms with van der Waals surface area (Å²) in [5.41, 5.74) is 3.38. The van der Waals surface area contributed by atoms with Crippen LogP contribution < -0.4 is 5.32 Å². The van der Waals surface area contributed by atoms with Crippen LogP contribution in [0.3, 0.4) is 0 Å². The van der Waals surface area contributed by atoms with Gasteiger partial charge in [0.1, 0.15) is 16.9 Å². The summed E-state index contributed by atoms with van der Waals surface area (Å²) in [7, 11) is 0. The van der Waals surface area contributed by atoms with Crippen LogP contribution in [0.2, 0.25) is 0 Å². The summed E-state index contributed by atoms with van der Waals surface area (Å²) in [5.74, 6) is 2.62. The van der Waals surface area contributed by atoms with Crippen molar-refractivity contribution >= 4 is 34.0 Å². The lowest BCUT2D eigenvalue weighted by Crippen LogP contribution is -2.26. The number of rotatable bonds is 7. The van der Waals surface area contributed by atoms with Gasteiger partial charge in [-0.25, -0.2) is 0 Å². The van der Waals surface area contributed by atoms with Gasteiger partial charge in [0.25, 0.3) is 0 Å². The molecule has 1 aromatic carbocycles. The molecule has 188 valence electrons. The van der Waals surface area contributed by atoms with E-state index in [0.29, 0.717) is 28.3 Å². The summed E-state index contributed by atoms with van der Waals surface area (Å²) in [6.07, 6.45) is 4.07. The van der Waals surface area contributed by atoms with Crippen molar-refractivity contribution in [2.75, 3.05) is 11.1 Å². The third-order valence-electron chi connectivity index (χ3n) is 7.60. The molecule has 3 aromatic rings. The average Bonchev–Trinajstić information content (AvgIpc) is 3.42. The predicted octanol–water partition coefficient (Wildman–Crippen LogP) is 6.38.